The number of hydrogen-bond acceptors (Lipinski definition) is 9. The Kier molecular flexibility index (Phi) is 6.59. The minimum atomic E-state index is -0.615. The summed E-state index contributed by atoms with van der Waals surface area (Å²) in [6, 6.07) is 15.1. The lowest BCUT2D eigenvalue weighted by atomic mass is 10.1. The van der Waals surface area contributed by atoms with Crippen LogP contribution in [0.1, 0.15) is 21.5 Å². The maximum absolute atomic E-state index is 12.9. The van der Waals surface area contributed by atoms with Gasteiger partial charge in [-0.2, -0.15) is 0 Å². The van der Waals surface area contributed by atoms with Gasteiger partial charge < -0.3 is 23.9 Å². The number of pyridine rings is 1. The molecule has 0 saturated heterocycles. The third-order valence-corrected chi connectivity index (χ3v) is 6.34. The molecule has 2 aromatic heterocycles. The first-order valence-electron chi connectivity index (χ1n) is 10.9. The largest absolute Gasteiger partial charge is 0.457 e. The topological polar surface area (TPSA) is 117 Å². The van der Waals surface area contributed by atoms with E-state index in [1.165, 1.54) is 12.3 Å². The molecule has 0 saturated carbocycles. The molecular formula is C26H20N2O7S. The van der Waals surface area contributed by atoms with Crippen LogP contribution in [0.15, 0.2) is 75.0 Å². The van der Waals surface area contributed by atoms with Gasteiger partial charge in [0.1, 0.15) is 17.2 Å². The van der Waals surface area contributed by atoms with Crippen molar-refractivity contribution in [2.45, 2.75) is 18.6 Å². The maximum Gasteiger partial charge on any atom is 0.341 e. The number of amides is 1. The number of carbonyl (C=O) groups excluding carboxylic acids is 2. The van der Waals surface area contributed by atoms with Crippen LogP contribution in [0, 0.1) is 6.92 Å². The van der Waals surface area contributed by atoms with Crippen molar-refractivity contribution in [3.8, 4) is 11.5 Å². The number of aromatic nitrogens is 1. The van der Waals surface area contributed by atoms with Gasteiger partial charge in [0, 0.05) is 35.0 Å². The summed E-state index contributed by atoms with van der Waals surface area (Å²) >= 11 is 1.11. The highest BCUT2D eigenvalue weighted by Gasteiger charge is 2.18. The zero-order valence-corrected chi connectivity index (χ0v) is 19.9. The molecule has 0 aliphatic carbocycles. The number of nitrogens with one attached hydrogen (secondary N) is 1. The van der Waals surface area contributed by atoms with Gasteiger partial charge in [0.05, 0.1) is 11.3 Å². The predicted octanol–water partition coefficient (Wildman–Crippen LogP) is 4.31. The van der Waals surface area contributed by atoms with Gasteiger partial charge in [-0.25, -0.2) is 14.6 Å². The Balaban J connectivity index is 1.24. The van der Waals surface area contributed by atoms with Crippen LogP contribution in [0.25, 0.3) is 11.0 Å². The molecule has 0 spiro atoms. The molecule has 10 heteroatoms. The van der Waals surface area contributed by atoms with Crippen LogP contribution in [0.5, 0.6) is 11.5 Å². The van der Waals surface area contributed by atoms with E-state index in [1.807, 2.05) is 19.1 Å². The van der Waals surface area contributed by atoms with Gasteiger partial charge in [0.2, 0.25) is 12.7 Å². The molecule has 1 aliphatic heterocycles. The van der Waals surface area contributed by atoms with Crippen molar-refractivity contribution in [1.82, 2.24) is 4.98 Å². The third kappa shape index (κ3) is 5.18. The van der Waals surface area contributed by atoms with Crippen molar-refractivity contribution in [3.63, 3.8) is 0 Å². The summed E-state index contributed by atoms with van der Waals surface area (Å²) in [6.07, 6.45) is 1.53. The lowest BCUT2D eigenvalue weighted by molar-refractivity contribution is -0.113. The lowest BCUT2D eigenvalue weighted by Crippen LogP contribution is -2.15. The Hall–Kier alpha value is -4.31. The highest BCUT2D eigenvalue weighted by Crippen LogP contribution is 2.34. The van der Waals surface area contributed by atoms with Crippen LogP contribution < -0.4 is 20.4 Å². The zero-order valence-electron chi connectivity index (χ0n) is 19.1. The number of fused-ring (bicyclic) bond motifs is 2. The second kappa shape index (κ2) is 10.1. The first-order valence-corrected chi connectivity index (χ1v) is 11.9. The average Bonchev–Trinajstić information content (AvgIpc) is 3.33. The standard InChI is InChI=1S/C26H20N2O7S/c1-15-4-6-18-16(10-24(30)35-21(18)9-15)12-32-26(31)19-3-2-8-27-25(19)36-13-23(29)28-17-5-7-20-22(11-17)34-14-33-20/h2-11H,12-14H2,1H3,(H,28,29). The normalized spacial score (nSPS) is 11.9. The predicted molar refractivity (Wildman–Crippen MR) is 132 cm³/mol. The van der Waals surface area contributed by atoms with Crippen LogP contribution in [-0.2, 0) is 16.1 Å². The number of hydrogen-bond donors (Lipinski definition) is 1. The molecule has 9 nitrogen and oxygen atoms in total. The Morgan fingerprint density at radius 1 is 1.08 bits per heavy atom. The van der Waals surface area contributed by atoms with Crippen LogP contribution in [0.2, 0.25) is 0 Å². The molecule has 1 N–H and O–H groups in total. The summed E-state index contributed by atoms with van der Waals surface area (Å²) in [7, 11) is 0. The average molecular weight is 505 g/mol. The van der Waals surface area contributed by atoms with Crippen molar-refractivity contribution >= 4 is 40.3 Å². The summed E-state index contributed by atoms with van der Waals surface area (Å²) in [4.78, 5) is 41.5. The first-order chi connectivity index (χ1) is 17.5. The molecule has 0 bridgehead atoms. The van der Waals surface area contributed by atoms with E-state index >= 15 is 0 Å². The fraction of sp³-hybridized carbons (Fsp3) is 0.154. The summed E-state index contributed by atoms with van der Waals surface area (Å²) < 4.78 is 21.3. The van der Waals surface area contributed by atoms with Crippen LogP contribution >= 0.6 is 11.8 Å². The summed E-state index contributed by atoms with van der Waals surface area (Å²) in [5, 5.41) is 3.83. The summed E-state index contributed by atoms with van der Waals surface area (Å²) in [5.74, 6) is 0.319. The Bertz CT molecular complexity index is 1530. The number of aryl methyl sites for hydroxylation is 1. The molecule has 36 heavy (non-hydrogen) atoms. The smallest absolute Gasteiger partial charge is 0.341 e. The molecule has 3 heterocycles. The first kappa shape index (κ1) is 23.4. The minimum Gasteiger partial charge on any atom is -0.457 e. The van der Waals surface area contributed by atoms with E-state index in [0.717, 1.165) is 17.3 Å². The van der Waals surface area contributed by atoms with E-state index in [0.29, 0.717) is 38.7 Å². The van der Waals surface area contributed by atoms with Crippen molar-refractivity contribution in [1.29, 1.82) is 0 Å². The minimum absolute atomic E-state index is 0.0233. The SMILES string of the molecule is Cc1ccc2c(COC(=O)c3cccnc3SCC(=O)Nc3ccc4c(c3)OCO4)cc(=O)oc2c1. The Morgan fingerprint density at radius 3 is 2.83 bits per heavy atom. The highest BCUT2D eigenvalue weighted by atomic mass is 32.2. The van der Waals surface area contributed by atoms with Gasteiger partial charge in [-0.1, -0.05) is 23.9 Å². The molecule has 0 atom stereocenters. The van der Waals surface area contributed by atoms with Gasteiger partial charge in [0.15, 0.2) is 11.5 Å². The Morgan fingerprint density at radius 2 is 1.94 bits per heavy atom. The van der Waals surface area contributed by atoms with E-state index in [-0.39, 0.29) is 30.6 Å². The molecule has 0 unspecified atom stereocenters. The quantitative estimate of drug-likeness (QED) is 0.223. The van der Waals surface area contributed by atoms with Crippen molar-refractivity contribution in [2.75, 3.05) is 17.9 Å². The third-order valence-electron chi connectivity index (χ3n) is 5.33. The maximum atomic E-state index is 12.9. The monoisotopic (exact) mass is 504 g/mol. The van der Waals surface area contributed by atoms with Crippen LogP contribution in [-0.4, -0.2) is 29.4 Å². The fourth-order valence-electron chi connectivity index (χ4n) is 3.64. The second-order valence-electron chi connectivity index (χ2n) is 7.93. The number of anilines is 1. The Labute approximate surface area is 209 Å². The zero-order chi connectivity index (χ0) is 25.1. The molecule has 2 aromatic carbocycles. The lowest BCUT2D eigenvalue weighted by Gasteiger charge is -2.10. The van der Waals surface area contributed by atoms with E-state index in [1.54, 1.807) is 36.4 Å². The molecule has 0 fully saturated rings. The van der Waals surface area contributed by atoms with E-state index in [9.17, 15) is 14.4 Å². The van der Waals surface area contributed by atoms with Crippen LogP contribution in [0.4, 0.5) is 5.69 Å². The van der Waals surface area contributed by atoms with E-state index in [2.05, 4.69) is 10.3 Å². The molecule has 4 aromatic rings. The summed E-state index contributed by atoms with van der Waals surface area (Å²) in [5.41, 5.74) is 2.18. The molecule has 1 aliphatic rings. The fourth-order valence-corrected chi connectivity index (χ4v) is 4.43. The number of nitrogens with zero attached hydrogens (tertiary/aromatic N) is 1. The van der Waals surface area contributed by atoms with E-state index in [4.69, 9.17) is 18.6 Å². The molecule has 182 valence electrons. The van der Waals surface area contributed by atoms with Gasteiger partial charge in [-0.3, -0.25) is 4.79 Å². The van der Waals surface area contributed by atoms with Crippen molar-refractivity contribution < 1.29 is 28.2 Å². The van der Waals surface area contributed by atoms with Gasteiger partial charge >= 0.3 is 11.6 Å². The highest BCUT2D eigenvalue weighted by molar-refractivity contribution is 8.00. The van der Waals surface area contributed by atoms with Gasteiger partial charge in [-0.05, 0) is 42.8 Å². The number of rotatable bonds is 7. The number of benzene rings is 2. The number of ether oxygens (including phenoxy) is 3. The van der Waals surface area contributed by atoms with Crippen molar-refractivity contribution in [3.05, 3.63) is 87.9 Å². The molecule has 0 radical (unpaired) electrons. The summed E-state index contributed by atoms with van der Waals surface area (Å²) in [6.45, 7) is 1.92. The van der Waals surface area contributed by atoms with Crippen LogP contribution in [0.3, 0.4) is 0 Å². The molecule has 1 amide bonds. The second-order valence-corrected chi connectivity index (χ2v) is 8.89. The van der Waals surface area contributed by atoms with E-state index < -0.39 is 11.6 Å². The number of carbonyl (C=O) groups is 2. The number of thioether (sulfide) groups is 1. The van der Waals surface area contributed by atoms with Gasteiger partial charge in [-0.15, -0.1) is 0 Å². The number of esters is 1. The van der Waals surface area contributed by atoms with Gasteiger partial charge in [0.25, 0.3) is 0 Å². The molecular weight excluding hydrogens is 484 g/mol. The molecule has 5 rings (SSSR count). The van der Waals surface area contributed by atoms with Crippen molar-refractivity contribution in [2.24, 2.45) is 0 Å².